The molecule has 2 nitrogen and oxygen atoms in total. The van der Waals surface area contributed by atoms with Crippen LogP contribution < -0.4 is 23.1 Å². The van der Waals surface area contributed by atoms with Gasteiger partial charge in [-0.3, -0.25) is 0 Å². The maximum atomic E-state index is 2.29. The van der Waals surface area contributed by atoms with Crippen LogP contribution in [0.3, 0.4) is 0 Å². The summed E-state index contributed by atoms with van der Waals surface area (Å²) < 4.78 is 1.12. The fourth-order valence-corrected chi connectivity index (χ4v) is 2.07. The summed E-state index contributed by atoms with van der Waals surface area (Å²) in [5.74, 6) is 0. The maximum absolute atomic E-state index is 2.29. The first-order chi connectivity index (χ1) is 7.56. The molecule has 0 unspecified atom stereocenters. The largest absolute Gasteiger partial charge is 1.00 e. The van der Waals surface area contributed by atoms with Gasteiger partial charge in [0, 0.05) is 0 Å². The van der Waals surface area contributed by atoms with E-state index in [1.165, 1.54) is 70.8 Å². The molecule has 3 N–H and O–H groups in total. The molecule has 0 atom stereocenters. The van der Waals surface area contributed by atoms with Crippen molar-refractivity contribution in [3.05, 3.63) is 0 Å². The zero-order valence-electron chi connectivity index (χ0n) is 13.7. The molecule has 0 aromatic heterocycles. The maximum Gasteiger partial charge on any atom is 0.0780 e. The molecule has 4 heteroatoms. The predicted octanol–water partition coefficient (Wildman–Crippen LogP) is 2.36. The average molecular weight is 406 g/mol. The Morgan fingerprint density at radius 3 is 1.26 bits per heavy atom. The van der Waals surface area contributed by atoms with Gasteiger partial charge in [-0.15, -0.1) is 17.0 Å². The molecule has 0 amide bonds. The van der Waals surface area contributed by atoms with Gasteiger partial charge in [-0.2, -0.15) is 0 Å². The number of hydrogen-bond acceptors (Lipinski definition) is 1. The topological polar surface area (TPSA) is 35.0 Å². The zero-order valence-corrected chi connectivity index (χ0v) is 17.0. The molecule has 0 aromatic carbocycles. The van der Waals surface area contributed by atoms with Crippen molar-refractivity contribution in [2.75, 3.05) is 27.7 Å². The first-order valence-corrected chi connectivity index (χ1v) is 7.36. The van der Waals surface area contributed by atoms with Crippen molar-refractivity contribution >= 4 is 17.0 Å². The Hall–Kier alpha value is 0.880. The summed E-state index contributed by atoms with van der Waals surface area (Å²) in [4.78, 5) is 0. The summed E-state index contributed by atoms with van der Waals surface area (Å²) in [5, 5.41) is 0. The van der Waals surface area contributed by atoms with E-state index in [0.29, 0.717) is 0 Å². The van der Waals surface area contributed by atoms with E-state index < -0.39 is 0 Å². The summed E-state index contributed by atoms with van der Waals surface area (Å²) in [6.45, 7) is 3.62. The van der Waals surface area contributed by atoms with Gasteiger partial charge in [-0.05, 0) is 12.8 Å². The third kappa shape index (κ3) is 27.9. The number of halogens is 2. The molecule has 0 aromatic rings. The lowest BCUT2D eigenvalue weighted by Crippen LogP contribution is -3.00. The van der Waals surface area contributed by atoms with Gasteiger partial charge in [-0.25, -0.2) is 0 Å². The molecule has 0 aliphatic carbocycles. The number of rotatable bonds is 11. The van der Waals surface area contributed by atoms with Crippen LogP contribution in [0.2, 0.25) is 0 Å². The van der Waals surface area contributed by atoms with E-state index in [2.05, 4.69) is 28.1 Å². The van der Waals surface area contributed by atoms with Crippen molar-refractivity contribution in [2.45, 2.75) is 71.1 Å². The molecule has 0 saturated heterocycles. The Morgan fingerprint density at radius 1 is 0.632 bits per heavy atom. The van der Waals surface area contributed by atoms with Crippen LogP contribution in [-0.2, 0) is 0 Å². The third-order valence-electron chi connectivity index (χ3n) is 3.18. The molecule has 19 heavy (non-hydrogen) atoms. The highest BCUT2D eigenvalue weighted by atomic mass is 79.9. The first-order valence-electron chi connectivity index (χ1n) is 7.36. The molecule has 0 aliphatic rings. The van der Waals surface area contributed by atoms with Crippen LogP contribution in [0.4, 0.5) is 0 Å². The lowest BCUT2D eigenvalue weighted by Gasteiger charge is -2.23. The molecule has 0 fully saturated rings. The molecule has 0 spiro atoms. The minimum Gasteiger partial charge on any atom is -1.00 e. The van der Waals surface area contributed by atoms with Gasteiger partial charge < -0.3 is 27.6 Å². The van der Waals surface area contributed by atoms with Crippen LogP contribution in [0.5, 0.6) is 0 Å². The molecule has 0 bridgehead atoms. The Labute approximate surface area is 143 Å². The second-order valence-corrected chi connectivity index (χ2v) is 6.20. The molecule has 0 rings (SSSR count). The predicted molar refractivity (Wildman–Crippen MR) is 90.1 cm³/mol. The van der Waals surface area contributed by atoms with E-state index >= 15 is 0 Å². The number of hydrogen-bond donors (Lipinski definition) is 1. The summed E-state index contributed by atoms with van der Waals surface area (Å²) in [6, 6.07) is 0. The van der Waals surface area contributed by atoms with Gasteiger partial charge in [0.1, 0.15) is 0 Å². The van der Waals surface area contributed by atoms with Crippen molar-refractivity contribution < 1.29 is 21.5 Å². The first kappa shape index (κ1) is 28.1. The van der Waals surface area contributed by atoms with Crippen LogP contribution in [0.1, 0.15) is 71.1 Å². The molecule has 0 heterocycles. The Morgan fingerprint density at radius 2 is 0.947 bits per heavy atom. The van der Waals surface area contributed by atoms with Gasteiger partial charge in [0.25, 0.3) is 0 Å². The van der Waals surface area contributed by atoms with Crippen LogP contribution in [0, 0.1) is 0 Å². The fraction of sp³-hybridized carbons (Fsp3) is 1.00. The van der Waals surface area contributed by atoms with Crippen molar-refractivity contribution in [3.63, 3.8) is 0 Å². The Bertz CT molecular complexity index is 148. The fourth-order valence-electron chi connectivity index (χ4n) is 2.07. The lowest BCUT2D eigenvalue weighted by molar-refractivity contribution is -0.870. The van der Waals surface area contributed by atoms with Crippen molar-refractivity contribution in [3.8, 4) is 0 Å². The van der Waals surface area contributed by atoms with Gasteiger partial charge in [0.2, 0.25) is 0 Å². The summed E-state index contributed by atoms with van der Waals surface area (Å²) in [7, 11) is 6.86. The minimum absolute atomic E-state index is 0. The zero-order chi connectivity index (χ0) is 12.3. The second-order valence-electron chi connectivity index (χ2n) is 6.20. The minimum atomic E-state index is 0. The average Bonchev–Trinajstić information content (AvgIpc) is 2.19. The summed E-state index contributed by atoms with van der Waals surface area (Å²) >= 11 is 0. The monoisotopic (exact) mass is 404 g/mol. The molecule has 0 aliphatic heterocycles. The van der Waals surface area contributed by atoms with Crippen LogP contribution >= 0.6 is 17.0 Å². The number of unbranched alkanes of at least 4 members (excludes halogenated alkanes) is 9. The lowest BCUT2D eigenvalue weighted by atomic mass is 10.1. The van der Waals surface area contributed by atoms with E-state index in [4.69, 9.17) is 0 Å². The van der Waals surface area contributed by atoms with Gasteiger partial charge >= 0.3 is 0 Å². The van der Waals surface area contributed by atoms with Crippen molar-refractivity contribution in [1.82, 2.24) is 6.15 Å². The molecule has 0 radical (unpaired) electrons. The van der Waals surface area contributed by atoms with Crippen LogP contribution in [0.15, 0.2) is 0 Å². The van der Waals surface area contributed by atoms with Crippen molar-refractivity contribution in [2.24, 2.45) is 0 Å². The SMILES string of the molecule is Br.CCCCCCCCCCCC[N+](C)(C)C.N.[Br-]. The van der Waals surface area contributed by atoms with Gasteiger partial charge in [-0.1, -0.05) is 58.3 Å². The van der Waals surface area contributed by atoms with E-state index in [0.717, 1.165) is 4.48 Å². The summed E-state index contributed by atoms with van der Waals surface area (Å²) in [6.07, 6.45) is 14.4. The van der Waals surface area contributed by atoms with E-state index in [9.17, 15) is 0 Å². The van der Waals surface area contributed by atoms with Gasteiger partial charge in [0.15, 0.2) is 0 Å². The standard InChI is InChI=1S/C15H34N.2BrH.H3N/c1-5-6-7-8-9-10-11-12-13-14-15-16(2,3)4;;;/h5-15H2,1-4H3;2*1H;1H3/q+1;;;/p-1. The van der Waals surface area contributed by atoms with Crippen molar-refractivity contribution in [1.29, 1.82) is 0 Å². The van der Waals surface area contributed by atoms with E-state index in [-0.39, 0.29) is 40.1 Å². The Kier molecular flexibility index (Phi) is 27.9. The highest BCUT2D eigenvalue weighted by molar-refractivity contribution is 8.93. The van der Waals surface area contributed by atoms with E-state index in [1.54, 1.807) is 0 Å². The second kappa shape index (κ2) is 18.9. The smallest absolute Gasteiger partial charge is 0.0780 e. The normalized spacial score (nSPS) is 10.1. The molecule has 0 saturated carbocycles. The Balaban J connectivity index is -0.000000375. The van der Waals surface area contributed by atoms with Crippen LogP contribution in [0.25, 0.3) is 0 Å². The molecular weight excluding hydrogens is 368 g/mol. The number of nitrogens with zero attached hydrogens (tertiary/aromatic N) is 1. The van der Waals surface area contributed by atoms with E-state index in [1.807, 2.05) is 0 Å². The highest BCUT2D eigenvalue weighted by Gasteiger charge is 2.04. The summed E-state index contributed by atoms with van der Waals surface area (Å²) in [5.41, 5.74) is 0. The quantitative estimate of drug-likeness (QED) is 0.415. The van der Waals surface area contributed by atoms with Crippen LogP contribution in [-0.4, -0.2) is 32.2 Å². The third-order valence-corrected chi connectivity index (χ3v) is 3.18. The molecule has 122 valence electrons. The highest BCUT2D eigenvalue weighted by Crippen LogP contribution is 2.10. The van der Waals surface area contributed by atoms with Gasteiger partial charge in [0.05, 0.1) is 27.7 Å². The number of quaternary nitrogens is 1. The molecular formula is C15H38Br2N2.